The molecule has 96 valence electrons. The quantitative estimate of drug-likeness (QED) is 0.534. The molecule has 0 aromatic carbocycles. The molecule has 0 N–H and O–H groups in total. The smallest absolute Gasteiger partial charge is 0.145 e. The summed E-state index contributed by atoms with van der Waals surface area (Å²) in [5.41, 5.74) is 0.858. The third kappa shape index (κ3) is 3.10. The molecular formula is C14H30OSi. The van der Waals surface area contributed by atoms with Gasteiger partial charge in [-0.25, -0.2) is 0 Å². The summed E-state index contributed by atoms with van der Waals surface area (Å²) in [7, 11) is 0.883. The molecule has 1 nitrogen and oxygen atoms in total. The van der Waals surface area contributed by atoms with E-state index in [1.165, 1.54) is 25.7 Å². The molecule has 1 aliphatic carbocycles. The molecule has 2 unspecified atom stereocenters. The van der Waals surface area contributed by atoms with Gasteiger partial charge >= 0.3 is 0 Å². The molecule has 0 aromatic heterocycles. The Kier molecular flexibility index (Phi) is 4.64. The predicted molar refractivity (Wildman–Crippen MR) is 74.6 cm³/mol. The molecule has 0 spiro atoms. The first-order chi connectivity index (χ1) is 7.30. The minimum absolute atomic E-state index is 0.428. The van der Waals surface area contributed by atoms with Crippen molar-refractivity contribution in [2.45, 2.75) is 60.3 Å². The lowest BCUT2D eigenvalue weighted by Gasteiger charge is -2.46. The van der Waals surface area contributed by atoms with Gasteiger partial charge in [-0.2, -0.15) is 0 Å². The average Bonchev–Trinajstić information content (AvgIpc) is 2.25. The van der Waals surface area contributed by atoms with Gasteiger partial charge in [-0.1, -0.05) is 47.5 Å². The molecule has 1 fully saturated rings. The van der Waals surface area contributed by atoms with E-state index in [0.29, 0.717) is 10.8 Å². The zero-order valence-corrected chi connectivity index (χ0v) is 14.1. The highest BCUT2D eigenvalue weighted by molar-refractivity contribution is 5.97. The van der Waals surface area contributed by atoms with Gasteiger partial charge < -0.3 is 4.43 Å². The second-order valence-corrected chi connectivity index (χ2v) is 7.75. The summed E-state index contributed by atoms with van der Waals surface area (Å²) < 4.78 is 5.57. The van der Waals surface area contributed by atoms with Gasteiger partial charge in [-0.3, -0.25) is 0 Å². The van der Waals surface area contributed by atoms with E-state index in [2.05, 4.69) is 34.6 Å². The van der Waals surface area contributed by atoms with E-state index >= 15 is 0 Å². The Morgan fingerprint density at radius 3 is 2.25 bits per heavy atom. The van der Waals surface area contributed by atoms with Crippen LogP contribution in [0, 0.1) is 22.7 Å². The number of rotatable bonds is 2. The Balaban J connectivity index is 2.90. The zero-order chi connectivity index (χ0) is 12.4. The Morgan fingerprint density at radius 1 is 1.19 bits per heavy atom. The van der Waals surface area contributed by atoms with Crippen LogP contribution >= 0.6 is 0 Å². The molecule has 2 atom stereocenters. The van der Waals surface area contributed by atoms with Gasteiger partial charge in [-0.15, -0.1) is 0 Å². The first-order valence-corrected chi connectivity index (χ1v) is 7.60. The van der Waals surface area contributed by atoms with Gasteiger partial charge in [0.2, 0.25) is 0 Å². The maximum absolute atomic E-state index is 5.57. The van der Waals surface area contributed by atoms with E-state index in [-0.39, 0.29) is 0 Å². The third-order valence-corrected chi connectivity index (χ3v) is 4.99. The highest BCUT2D eigenvalue weighted by atomic mass is 28.2. The average molecular weight is 242 g/mol. The summed E-state index contributed by atoms with van der Waals surface area (Å²) in [5, 5.41) is 0. The highest BCUT2D eigenvalue weighted by Crippen LogP contribution is 2.50. The minimum Gasteiger partial charge on any atom is -0.428 e. The molecule has 0 saturated heterocycles. The lowest BCUT2D eigenvalue weighted by atomic mass is 9.60. The van der Waals surface area contributed by atoms with Crippen molar-refractivity contribution in [3.63, 3.8) is 0 Å². The molecule has 0 aromatic rings. The summed E-state index contributed by atoms with van der Waals surface area (Å²) in [6.45, 7) is 13.2. The fraction of sp³-hybridized carbons (Fsp3) is 1.00. The number of hydrogen-bond acceptors (Lipinski definition) is 1. The first-order valence-electron chi connectivity index (χ1n) is 6.79. The van der Waals surface area contributed by atoms with Gasteiger partial charge in [-0.05, 0) is 35.5 Å². The van der Waals surface area contributed by atoms with E-state index in [0.717, 1.165) is 28.9 Å². The van der Waals surface area contributed by atoms with Crippen LogP contribution in [0.5, 0.6) is 0 Å². The lowest BCUT2D eigenvalue weighted by Crippen LogP contribution is -2.40. The Bertz CT molecular complexity index is 217. The van der Waals surface area contributed by atoms with E-state index in [1.54, 1.807) is 0 Å². The van der Waals surface area contributed by atoms with E-state index < -0.39 is 0 Å². The molecule has 0 heterocycles. The van der Waals surface area contributed by atoms with Crippen molar-refractivity contribution in [1.29, 1.82) is 0 Å². The van der Waals surface area contributed by atoms with Gasteiger partial charge in [0.05, 0.1) is 0 Å². The van der Waals surface area contributed by atoms with Crippen LogP contribution in [0.1, 0.15) is 60.3 Å². The molecule has 0 radical (unpaired) electrons. The molecular weight excluding hydrogens is 212 g/mol. The molecule has 1 rings (SSSR count). The van der Waals surface area contributed by atoms with Crippen molar-refractivity contribution in [1.82, 2.24) is 0 Å². The van der Waals surface area contributed by atoms with Crippen molar-refractivity contribution < 1.29 is 4.43 Å². The van der Waals surface area contributed by atoms with Crippen LogP contribution in [0.3, 0.4) is 0 Å². The van der Waals surface area contributed by atoms with Crippen molar-refractivity contribution >= 4 is 10.5 Å². The Morgan fingerprint density at radius 2 is 1.75 bits per heavy atom. The van der Waals surface area contributed by atoms with Crippen molar-refractivity contribution in [2.24, 2.45) is 22.7 Å². The zero-order valence-electron chi connectivity index (χ0n) is 12.1. The van der Waals surface area contributed by atoms with Crippen LogP contribution in [0.15, 0.2) is 0 Å². The second-order valence-electron chi connectivity index (χ2n) is 7.18. The Labute approximate surface area is 105 Å². The SMILES string of the molecule is CC(C)(C)C1CCCCC(CO[SiH3])C1(C)C. The predicted octanol–water partition coefficient (Wildman–Crippen LogP) is 3.16. The summed E-state index contributed by atoms with van der Waals surface area (Å²) in [6.07, 6.45) is 5.56. The van der Waals surface area contributed by atoms with E-state index in [9.17, 15) is 0 Å². The van der Waals surface area contributed by atoms with Crippen LogP contribution in [-0.2, 0) is 4.43 Å². The van der Waals surface area contributed by atoms with Crippen molar-refractivity contribution in [3.8, 4) is 0 Å². The summed E-state index contributed by atoms with van der Waals surface area (Å²) in [5.74, 6) is 1.58. The van der Waals surface area contributed by atoms with E-state index in [4.69, 9.17) is 4.43 Å². The molecule has 0 amide bonds. The van der Waals surface area contributed by atoms with Gasteiger partial charge in [0, 0.05) is 6.61 Å². The van der Waals surface area contributed by atoms with E-state index in [1.807, 2.05) is 0 Å². The van der Waals surface area contributed by atoms with Crippen LogP contribution in [-0.4, -0.2) is 17.1 Å². The van der Waals surface area contributed by atoms with Gasteiger partial charge in [0.25, 0.3) is 0 Å². The largest absolute Gasteiger partial charge is 0.428 e. The fourth-order valence-corrected chi connectivity index (χ4v) is 4.22. The topological polar surface area (TPSA) is 9.23 Å². The molecule has 1 saturated carbocycles. The standard InChI is InChI=1S/C14H30OSi/c1-13(2,3)12-9-7-6-8-11(10-15-16)14(12,4)5/h11-12H,6-10H2,1-5,16H3. The molecule has 0 aliphatic heterocycles. The van der Waals surface area contributed by atoms with Crippen molar-refractivity contribution in [3.05, 3.63) is 0 Å². The molecule has 0 bridgehead atoms. The van der Waals surface area contributed by atoms with Crippen LogP contribution in [0.2, 0.25) is 0 Å². The summed E-state index contributed by atoms with van der Waals surface area (Å²) in [4.78, 5) is 0. The lowest BCUT2D eigenvalue weighted by molar-refractivity contribution is 0.0149. The van der Waals surface area contributed by atoms with Gasteiger partial charge in [0.1, 0.15) is 10.5 Å². The molecule has 16 heavy (non-hydrogen) atoms. The Hall–Kier alpha value is 0.177. The van der Waals surface area contributed by atoms with Crippen LogP contribution < -0.4 is 0 Å². The summed E-state index contributed by atoms with van der Waals surface area (Å²) in [6, 6.07) is 0. The highest BCUT2D eigenvalue weighted by Gasteiger charge is 2.43. The van der Waals surface area contributed by atoms with Gasteiger partial charge in [0.15, 0.2) is 0 Å². The maximum Gasteiger partial charge on any atom is 0.145 e. The van der Waals surface area contributed by atoms with Crippen LogP contribution in [0.4, 0.5) is 0 Å². The third-order valence-electron chi connectivity index (χ3n) is 4.66. The van der Waals surface area contributed by atoms with Crippen molar-refractivity contribution in [2.75, 3.05) is 6.61 Å². The molecule has 2 heteroatoms. The van der Waals surface area contributed by atoms with Crippen LogP contribution in [0.25, 0.3) is 0 Å². The first kappa shape index (κ1) is 14.2. The summed E-state index contributed by atoms with van der Waals surface area (Å²) >= 11 is 0. The normalized spacial score (nSPS) is 31.3. The fourth-order valence-electron chi connectivity index (χ4n) is 3.82. The minimum atomic E-state index is 0.428. The monoisotopic (exact) mass is 242 g/mol. The molecule has 1 aliphatic rings. The second kappa shape index (κ2) is 5.22. The number of hydrogen-bond donors (Lipinski definition) is 0. The maximum atomic E-state index is 5.57.